The van der Waals surface area contributed by atoms with Crippen LogP contribution >= 0.6 is 11.3 Å². The summed E-state index contributed by atoms with van der Waals surface area (Å²) in [7, 11) is 0. The minimum atomic E-state index is -0.264. The number of likely N-dealkylation sites (tertiary alicyclic amines) is 1. The smallest absolute Gasteiger partial charge is 0.230 e. The third-order valence-corrected chi connectivity index (χ3v) is 5.90. The Morgan fingerprint density at radius 1 is 1.28 bits per heavy atom. The molecule has 0 unspecified atom stereocenters. The molecule has 0 amide bonds. The summed E-state index contributed by atoms with van der Waals surface area (Å²) in [5, 5.41) is 14.8. The normalized spacial score (nSPS) is 23.2. The minimum absolute atomic E-state index is 0.0950. The quantitative estimate of drug-likeness (QED) is 0.774. The van der Waals surface area contributed by atoms with Crippen LogP contribution in [0.2, 0.25) is 0 Å². The van der Waals surface area contributed by atoms with Crippen molar-refractivity contribution in [2.24, 2.45) is 11.8 Å². The second-order valence-electron chi connectivity index (χ2n) is 7.10. The number of nitrogens with zero attached hydrogens (tertiary/aromatic N) is 4. The number of hydrogen-bond donors (Lipinski definition) is 1. The van der Waals surface area contributed by atoms with Gasteiger partial charge in [-0.05, 0) is 36.0 Å². The molecule has 3 atom stereocenters. The zero-order valence-electron chi connectivity index (χ0n) is 14.3. The average molecular weight is 360 g/mol. The van der Waals surface area contributed by atoms with Crippen molar-refractivity contribution in [2.75, 3.05) is 13.1 Å². The highest BCUT2D eigenvalue weighted by atomic mass is 32.1. The van der Waals surface area contributed by atoms with Crippen molar-refractivity contribution in [3.8, 4) is 5.88 Å². The molecule has 1 fully saturated rings. The van der Waals surface area contributed by atoms with Crippen LogP contribution in [0.15, 0.2) is 30.6 Å². The van der Waals surface area contributed by atoms with E-state index in [0.29, 0.717) is 16.8 Å². The first-order valence-electron chi connectivity index (χ1n) is 8.54. The number of halogens is 1. The monoisotopic (exact) mass is 360 g/mol. The van der Waals surface area contributed by atoms with Gasteiger partial charge in [0, 0.05) is 13.1 Å². The molecule has 1 aromatic carbocycles. The zero-order chi connectivity index (χ0) is 17.6. The van der Waals surface area contributed by atoms with Crippen LogP contribution in [0.3, 0.4) is 0 Å². The highest BCUT2D eigenvalue weighted by Crippen LogP contribution is 2.41. The van der Waals surface area contributed by atoms with Gasteiger partial charge >= 0.3 is 0 Å². The highest BCUT2D eigenvalue weighted by molar-refractivity contribution is 7.17. The summed E-state index contributed by atoms with van der Waals surface area (Å²) in [5.41, 5.74) is 0.848. The van der Waals surface area contributed by atoms with E-state index in [1.165, 1.54) is 34.7 Å². The fourth-order valence-corrected chi connectivity index (χ4v) is 5.09. The summed E-state index contributed by atoms with van der Waals surface area (Å²) in [6.07, 6.45) is 2.62. The molecule has 1 aliphatic rings. The Morgan fingerprint density at radius 3 is 2.72 bits per heavy atom. The molecule has 1 aliphatic heterocycles. The molecule has 4 rings (SSSR count). The number of thiazole rings is 1. The molecule has 25 heavy (non-hydrogen) atoms. The Hall–Kier alpha value is -1.99. The van der Waals surface area contributed by atoms with E-state index in [-0.39, 0.29) is 17.7 Å². The predicted octanol–water partition coefficient (Wildman–Crippen LogP) is 3.70. The second kappa shape index (κ2) is 6.38. The van der Waals surface area contributed by atoms with E-state index in [9.17, 15) is 9.50 Å². The number of rotatable bonds is 3. The molecule has 0 radical (unpaired) electrons. The molecule has 1 N–H and O–H groups in total. The summed E-state index contributed by atoms with van der Waals surface area (Å²) < 4.78 is 15.3. The van der Waals surface area contributed by atoms with Crippen LogP contribution < -0.4 is 0 Å². The molecule has 0 bridgehead atoms. The van der Waals surface area contributed by atoms with Crippen molar-refractivity contribution in [1.82, 2.24) is 19.5 Å². The maximum Gasteiger partial charge on any atom is 0.230 e. The molecular formula is C18H21FN4OS. The van der Waals surface area contributed by atoms with Crippen LogP contribution in [0.5, 0.6) is 5.88 Å². The molecule has 0 spiro atoms. The number of aromatic hydroxyl groups is 1. The van der Waals surface area contributed by atoms with Crippen LogP contribution in [0, 0.1) is 17.7 Å². The summed E-state index contributed by atoms with van der Waals surface area (Å²) in [6, 6.07) is 6.46. The number of aromatic nitrogens is 3. The first-order valence-corrected chi connectivity index (χ1v) is 9.35. The lowest BCUT2D eigenvalue weighted by atomic mass is 9.89. The lowest BCUT2D eigenvalue weighted by molar-refractivity contribution is 0.111. The third kappa shape index (κ3) is 3.02. The number of piperidine rings is 1. The SMILES string of the molecule is C[C@@H]1C[C@@H](C)CN([C@@H](c2cccc(F)c2)c2sc3ncnn3c2O)C1. The Bertz CT molecular complexity index is 882. The Morgan fingerprint density at radius 2 is 2.04 bits per heavy atom. The fraction of sp³-hybridized carbons (Fsp3) is 0.444. The Labute approximate surface area is 149 Å². The van der Waals surface area contributed by atoms with Crippen molar-refractivity contribution in [2.45, 2.75) is 26.3 Å². The van der Waals surface area contributed by atoms with Crippen molar-refractivity contribution in [3.63, 3.8) is 0 Å². The summed E-state index contributed by atoms with van der Waals surface area (Å²) in [4.78, 5) is 7.94. The van der Waals surface area contributed by atoms with Crippen LogP contribution in [0.25, 0.3) is 4.96 Å². The highest BCUT2D eigenvalue weighted by Gasteiger charge is 2.33. The summed E-state index contributed by atoms with van der Waals surface area (Å²) in [5.74, 6) is 0.949. The van der Waals surface area contributed by atoms with Crippen LogP contribution in [-0.2, 0) is 0 Å². The lowest BCUT2D eigenvalue weighted by Gasteiger charge is -2.40. The Balaban J connectivity index is 1.83. The van der Waals surface area contributed by atoms with Gasteiger partial charge < -0.3 is 5.11 Å². The van der Waals surface area contributed by atoms with Gasteiger partial charge in [0.05, 0.1) is 10.9 Å². The van der Waals surface area contributed by atoms with Gasteiger partial charge in [-0.15, -0.1) is 0 Å². The maximum atomic E-state index is 13.9. The standard InChI is InChI=1S/C18H21FN4OS/c1-11-6-12(2)9-22(8-11)15(13-4-3-5-14(19)7-13)16-17(24)23-18(25-16)20-10-21-23/h3-5,7,10-12,15,24H,6,8-9H2,1-2H3/t11-,12-,15+/m1/s1. The van der Waals surface area contributed by atoms with Crippen molar-refractivity contribution in [3.05, 3.63) is 46.9 Å². The second-order valence-corrected chi connectivity index (χ2v) is 8.11. The van der Waals surface area contributed by atoms with E-state index >= 15 is 0 Å². The number of benzene rings is 1. The molecular weight excluding hydrogens is 339 g/mol. The number of hydrogen-bond acceptors (Lipinski definition) is 5. The van der Waals surface area contributed by atoms with E-state index in [2.05, 4.69) is 28.8 Å². The fourth-order valence-electron chi connectivity index (χ4n) is 4.00. The van der Waals surface area contributed by atoms with Gasteiger partial charge in [0.1, 0.15) is 12.1 Å². The van der Waals surface area contributed by atoms with Gasteiger partial charge in [0.25, 0.3) is 0 Å². The topological polar surface area (TPSA) is 53.7 Å². The molecule has 2 aromatic heterocycles. The van der Waals surface area contributed by atoms with Crippen LogP contribution in [0.4, 0.5) is 4.39 Å². The maximum absolute atomic E-state index is 13.9. The predicted molar refractivity (Wildman–Crippen MR) is 95.3 cm³/mol. The Kier molecular flexibility index (Phi) is 4.21. The van der Waals surface area contributed by atoms with E-state index in [0.717, 1.165) is 23.5 Å². The molecule has 0 saturated carbocycles. The summed E-state index contributed by atoms with van der Waals surface area (Å²) >= 11 is 1.41. The molecule has 5 nitrogen and oxygen atoms in total. The molecule has 7 heteroatoms. The van der Waals surface area contributed by atoms with Crippen LogP contribution in [-0.4, -0.2) is 37.7 Å². The van der Waals surface area contributed by atoms with Gasteiger partial charge in [0.15, 0.2) is 0 Å². The van der Waals surface area contributed by atoms with Gasteiger partial charge in [-0.1, -0.05) is 37.3 Å². The minimum Gasteiger partial charge on any atom is -0.492 e. The van der Waals surface area contributed by atoms with Gasteiger partial charge in [-0.2, -0.15) is 9.61 Å². The zero-order valence-corrected chi connectivity index (χ0v) is 15.1. The van der Waals surface area contributed by atoms with Crippen molar-refractivity contribution < 1.29 is 9.50 Å². The third-order valence-electron chi connectivity index (χ3n) is 4.81. The van der Waals surface area contributed by atoms with Crippen molar-refractivity contribution >= 4 is 16.3 Å². The molecule has 3 heterocycles. The van der Waals surface area contributed by atoms with Gasteiger partial charge in [-0.25, -0.2) is 9.37 Å². The molecule has 0 aliphatic carbocycles. The number of fused-ring (bicyclic) bond motifs is 1. The first kappa shape index (κ1) is 16.5. The summed E-state index contributed by atoms with van der Waals surface area (Å²) in [6.45, 7) is 6.32. The van der Waals surface area contributed by atoms with E-state index in [1.807, 2.05) is 6.07 Å². The van der Waals surface area contributed by atoms with Crippen LogP contribution in [0.1, 0.15) is 36.8 Å². The van der Waals surface area contributed by atoms with E-state index in [1.54, 1.807) is 12.1 Å². The van der Waals surface area contributed by atoms with Gasteiger partial charge in [-0.3, -0.25) is 4.90 Å². The largest absolute Gasteiger partial charge is 0.492 e. The first-order chi connectivity index (χ1) is 12.0. The lowest BCUT2D eigenvalue weighted by Crippen LogP contribution is -2.41. The van der Waals surface area contributed by atoms with E-state index < -0.39 is 0 Å². The van der Waals surface area contributed by atoms with Gasteiger partial charge in [0.2, 0.25) is 10.8 Å². The van der Waals surface area contributed by atoms with E-state index in [4.69, 9.17) is 0 Å². The average Bonchev–Trinajstić information content (AvgIpc) is 3.11. The van der Waals surface area contributed by atoms with Crippen molar-refractivity contribution in [1.29, 1.82) is 0 Å². The molecule has 3 aromatic rings. The molecule has 1 saturated heterocycles. The molecule has 132 valence electrons.